The minimum atomic E-state index is -0.326. The maximum absolute atomic E-state index is 9.83. The van der Waals surface area contributed by atoms with Crippen LogP contribution in [-0.4, -0.2) is 22.9 Å². The lowest BCUT2D eigenvalue weighted by Gasteiger charge is -2.24. The Bertz CT molecular complexity index is 232. The third-order valence-corrected chi connectivity index (χ3v) is 2.99. The van der Waals surface area contributed by atoms with Gasteiger partial charge in [-0.1, -0.05) is 26.0 Å². The van der Waals surface area contributed by atoms with E-state index in [2.05, 4.69) is 26.0 Å². The highest BCUT2D eigenvalue weighted by atomic mass is 16.6. The van der Waals surface area contributed by atoms with Crippen molar-refractivity contribution in [2.75, 3.05) is 0 Å². The molecule has 0 amide bonds. The van der Waals surface area contributed by atoms with Crippen molar-refractivity contribution in [2.45, 2.75) is 45.0 Å². The maximum Gasteiger partial charge on any atom is 0.122 e. The molecule has 0 aromatic rings. The summed E-state index contributed by atoms with van der Waals surface area (Å²) in [6.45, 7) is 6.26. The van der Waals surface area contributed by atoms with Crippen LogP contribution in [0, 0.1) is 5.41 Å². The smallest absolute Gasteiger partial charge is 0.122 e. The van der Waals surface area contributed by atoms with Crippen LogP contribution < -0.4 is 0 Å². The van der Waals surface area contributed by atoms with Crippen molar-refractivity contribution in [2.24, 2.45) is 5.41 Å². The molecule has 2 heteroatoms. The molecule has 0 unspecified atom stereocenters. The first-order valence-electron chi connectivity index (χ1n) is 4.49. The Balaban J connectivity index is 2.23. The van der Waals surface area contributed by atoms with Gasteiger partial charge in [-0.25, -0.2) is 0 Å². The van der Waals surface area contributed by atoms with Crippen LogP contribution in [0.4, 0.5) is 0 Å². The number of aliphatic hydroxyl groups is 1. The largest absolute Gasteiger partial charge is 0.390 e. The molecule has 1 aliphatic heterocycles. The summed E-state index contributed by atoms with van der Waals surface area (Å²) in [7, 11) is 0. The van der Waals surface area contributed by atoms with Gasteiger partial charge in [0.1, 0.15) is 11.7 Å². The van der Waals surface area contributed by atoms with Gasteiger partial charge in [0.25, 0.3) is 0 Å². The lowest BCUT2D eigenvalue weighted by Crippen LogP contribution is -2.31. The number of epoxide rings is 1. The summed E-state index contributed by atoms with van der Waals surface area (Å²) in [5.74, 6) is 0. The second-order valence-electron chi connectivity index (χ2n) is 4.79. The number of fused-ring (bicyclic) bond motifs is 1. The van der Waals surface area contributed by atoms with E-state index in [0.29, 0.717) is 0 Å². The van der Waals surface area contributed by atoms with Crippen LogP contribution in [0.1, 0.15) is 27.2 Å². The zero-order chi connectivity index (χ0) is 8.98. The van der Waals surface area contributed by atoms with Gasteiger partial charge in [0.2, 0.25) is 0 Å². The third kappa shape index (κ3) is 1.10. The Hall–Kier alpha value is -0.340. The molecule has 12 heavy (non-hydrogen) atoms. The molecule has 0 aromatic carbocycles. The summed E-state index contributed by atoms with van der Waals surface area (Å²) in [6.07, 6.45) is 4.84. The average Bonchev–Trinajstić information content (AvgIpc) is 2.58. The highest BCUT2D eigenvalue weighted by Crippen LogP contribution is 2.46. The van der Waals surface area contributed by atoms with E-state index in [0.717, 1.165) is 6.42 Å². The van der Waals surface area contributed by atoms with Crippen LogP contribution in [-0.2, 0) is 4.74 Å². The SMILES string of the molecule is CC1(C)C=C[C@H]2O[C@@]2(C)[C@H](O)C1. The van der Waals surface area contributed by atoms with E-state index in [-0.39, 0.29) is 23.2 Å². The summed E-state index contributed by atoms with van der Waals surface area (Å²) in [5.41, 5.74) is -0.177. The van der Waals surface area contributed by atoms with Crippen LogP contribution in [0.3, 0.4) is 0 Å². The van der Waals surface area contributed by atoms with E-state index < -0.39 is 0 Å². The molecule has 1 heterocycles. The lowest BCUT2D eigenvalue weighted by molar-refractivity contribution is 0.0557. The van der Waals surface area contributed by atoms with Crippen molar-refractivity contribution in [3.63, 3.8) is 0 Å². The van der Waals surface area contributed by atoms with Crippen LogP contribution in [0.5, 0.6) is 0 Å². The number of hydrogen-bond donors (Lipinski definition) is 1. The molecule has 2 rings (SSSR count). The predicted molar refractivity (Wildman–Crippen MR) is 46.8 cm³/mol. The molecule has 0 bridgehead atoms. The second kappa shape index (κ2) is 2.12. The van der Waals surface area contributed by atoms with Crippen molar-refractivity contribution < 1.29 is 9.84 Å². The molecule has 1 N–H and O–H groups in total. The molecule has 0 spiro atoms. The van der Waals surface area contributed by atoms with Crippen molar-refractivity contribution in [3.8, 4) is 0 Å². The standard InChI is InChI=1S/C10H16O2/c1-9(2)5-4-8-10(3,12-8)7(11)6-9/h4-5,7-8,11H,6H2,1-3H3/t7-,8-,10+/m1/s1. The maximum atomic E-state index is 9.83. The molecule has 2 aliphatic rings. The fraction of sp³-hybridized carbons (Fsp3) is 0.800. The van der Waals surface area contributed by atoms with Crippen molar-refractivity contribution in [1.82, 2.24) is 0 Å². The quantitative estimate of drug-likeness (QED) is 0.439. The Labute approximate surface area is 73.2 Å². The first kappa shape index (κ1) is 8.27. The molecule has 1 aliphatic carbocycles. The molecule has 0 aromatic heterocycles. The molecule has 1 fully saturated rings. The van der Waals surface area contributed by atoms with Crippen LogP contribution in [0.15, 0.2) is 12.2 Å². The van der Waals surface area contributed by atoms with Gasteiger partial charge in [-0.05, 0) is 18.8 Å². The summed E-state index contributed by atoms with van der Waals surface area (Å²) >= 11 is 0. The van der Waals surface area contributed by atoms with E-state index in [9.17, 15) is 5.11 Å². The summed E-state index contributed by atoms with van der Waals surface area (Å²) in [5, 5.41) is 9.83. The second-order valence-corrected chi connectivity index (χ2v) is 4.79. The minimum Gasteiger partial charge on any atom is -0.390 e. The summed E-state index contributed by atoms with van der Waals surface area (Å²) in [6, 6.07) is 0. The highest BCUT2D eigenvalue weighted by Gasteiger charge is 2.57. The van der Waals surface area contributed by atoms with Gasteiger partial charge in [0.15, 0.2) is 0 Å². The molecule has 68 valence electrons. The van der Waals surface area contributed by atoms with E-state index in [1.165, 1.54) is 0 Å². The number of allylic oxidation sites excluding steroid dienone is 1. The number of rotatable bonds is 0. The highest BCUT2D eigenvalue weighted by molar-refractivity contribution is 5.20. The number of hydrogen-bond acceptors (Lipinski definition) is 2. The van der Waals surface area contributed by atoms with Crippen LogP contribution >= 0.6 is 0 Å². The molecule has 2 nitrogen and oxygen atoms in total. The number of ether oxygens (including phenoxy) is 1. The Kier molecular flexibility index (Phi) is 1.46. The van der Waals surface area contributed by atoms with E-state index in [1.54, 1.807) is 0 Å². The van der Waals surface area contributed by atoms with Gasteiger partial charge in [0.05, 0.1) is 6.10 Å². The molecular weight excluding hydrogens is 152 g/mol. The van der Waals surface area contributed by atoms with Crippen molar-refractivity contribution >= 4 is 0 Å². The third-order valence-electron chi connectivity index (χ3n) is 2.99. The molecule has 3 atom stereocenters. The minimum absolute atomic E-state index is 0.110. The summed E-state index contributed by atoms with van der Waals surface area (Å²) < 4.78 is 5.41. The van der Waals surface area contributed by atoms with Gasteiger partial charge >= 0.3 is 0 Å². The van der Waals surface area contributed by atoms with Crippen molar-refractivity contribution in [3.05, 3.63) is 12.2 Å². The molecule has 1 saturated heterocycles. The number of aliphatic hydroxyl groups excluding tert-OH is 1. The van der Waals surface area contributed by atoms with Gasteiger partial charge in [0, 0.05) is 0 Å². The van der Waals surface area contributed by atoms with E-state index >= 15 is 0 Å². The normalized spacial score (nSPS) is 49.7. The molecule has 0 radical (unpaired) electrons. The average molecular weight is 168 g/mol. The molecule has 0 saturated carbocycles. The monoisotopic (exact) mass is 168 g/mol. The predicted octanol–water partition coefficient (Wildman–Crippen LogP) is 1.49. The lowest BCUT2D eigenvalue weighted by atomic mass is 9.85. The van der Waals surface area contributed by atoms with Crippen LogP contribution in [0.25, 0.3) is 0 Å². The van der Waals surface area contributed by atoms with Crippen LogP contribution in [0.2, 0.25) is 0 Å². The van der Waals surface area contributed by atoms with Gasteiger partial charge < -0.3 is 9.84 Å². The Morgan fingerprint density at radius 3 is 2.75 bits per heavy atom. The molecular formula is C10H16O2. The van der Waals surface area contributed by atoms with Crippen molar-refractivity contribution in [1.29, 1.82) is 0 Å². The zero-order valence-electron chi connectivity index (χ0n) is 7.87. The van der Waals surface area contributed by atoms with Gasteiger partial charge in [-0.15, -0.1) is 0 Å². The van der Waals surface area contributed by atoms with E-state index in [1.807, 2.05) is 6.92 Å². The fourth-order valence-corrected chi connectivity index (χ4v) is 1.85. The Morgan fingerprint density at radius 1 is 1.42 bits per heavy atom. The zero-order valence-corrected chi connectivity index (χ0v) is 7.87. The summed E-state index contributed by atoms with van der Waals surface area (Å²) in [4.78, 5) is 0. The van der Waals surface area contributed by atoms with E-state index in [4.69, 9.17) is 4.74 Å². The van der Waals surface area contributed by atoms with Gasteiger partial charge in [-0.3, -0.25) is 0 Å². The first-order valence-corrected chi connectivity index (χ1v) is 4.49. The van der Waals surface area contributed by atoms with Gasteiger partial charge in [-0.2, -0.15) is 0 Å². The fourth-order valence-electron chi connectivity index (χ4n) is 1.85. The first-order chi connectivity index (χ1) is 5.44. The Morgan fingerprint density at radius 2 is 2.08 bits per heavy atom. The topological polar surface area (TPSA) is 32.8 Å².